The fraction of sp³-hybridized carbons (Fsp3) is 0.333. The Kier molecular flexibility index (Phi) is 8.21. The standard InChI is InChI=1S/C24H18Cl3F6N5O/c25-16-8-14(9-17(26)19(16)27)22(24(31,32)33)4-6-38(12-22)21-36-10-13(20(37-21)23(28,29)30)7-18(39)35-11-15-3-1-2-5-34-15/h1-3,5,8-10H,4,6-7,11-12H2,(H,35,39). The number of benzene rings is 1. The van der Waals surface area contributed by atoms with Crippen LogP contribution in [0.2, 0.25) is 15.1 Å². The molecule has 208 valence electrons. The highest BCUT2D eigenvalue weighted by Gasteiger charge is 2.59. The molecule has 0 bridgehead atoms. The van der Waals surface area contributed by atoms with E-state index >= 15 is 0 Å². The molecular weight excluding hydrogens is 595 g/mol. The van der Waals surface area contributed by atoms with Crippen molar-refractivity contribution in [1.29, 1.82) is 0 Å². The van der Waals surface area contributed by atoms with Crippen molar-refractivity contribution in [2.24, 2.45) is 0 Å². The summed E-state index contributed by atoms with van der Waals surface area (Å²) in [5.41, 5.74) is -4.24. The Morgan fingerprint density at radius 2 is 1.74 bits per heavy atom. The molecule has 3 aromatic rings. The number of aromatic nitrogens is 3. The molecule has 1 unspecified atom stereocenters. The van der Waals surface area contributed by atoms with Gasteiger partial charge in [-0.05, 0) is 36.2 Å². The first-order valence-electron chi connectivity index (χ1n) is 11.3. The van der Waals surface area contributed by atoms with E-state index in [1.54, 1.807) is 18.2 Å². The molecule has 1 fully saturated rings. The summed E-state index contributed by atoms with van der Waals surface area (Å²) in [6.07, 6.45) is -8.73. The van der Waals surface area contributed by atoms with Gasteiger partial charge in [-0.25, -0.2) is 9.97 Å². The van der Waals surface area contributed by atoms with E-state index < -0.39 is 60.3 Å². The van der Waals surface area contributed by atoms with Crippen molar-refractivity contribution in [3.05, 3.63) is 80.3 Å². The molecule has 1 atom stereocenters. The fourth-order valence-corrected chi connectivity index (χ4v) is 4.89. The number of pyridine rings is 1. The summed E-state index contributed by atoms with van der Waals surface area (Å²) in [5, 5.41) is 1.96. The predicted molar refractivity (Wildman–Crippen MR) is 133 cm³/mol. The van der Waals surface area contributed by atoms with Gasteiger partial charge in [0.25, 0.3) is 0 Å². The van der Waals surface area contributed by atoms with Gasteiger partial charge >= 0.3 is 12.4 Å². The van der Waals surface area contributed by atoms with E-state index in [1.165, 1.54) is 6.20 Å². The minimum Gasteiger partial charge on any atom is -0.350 e. The first-order chi connectivity index (χ1) is 18.2. The zero-order valence-electron chi connectivity index (χ0n) is 19.7. The summed E-state index contributed by atoms with van der Waals surface area (Å²) in [6, 6.07) is 7.06. The highest BCUT2D eigenvalue weighted by atomic mass is 35.5. The molecular formula is C24H18Cl3F6N5O. The van der Waals surface area contributed by atoms with Crippen LogP contribution in [0.1, 0.15) is 28.9 Å². The number of anilines is 1. The molecule has 39 heavy (non-hydrogen) atoms. The van der Waals surface area contributed by atoms with E-state index in [1.807, 2.05) is 0 Å². The Morgan fingerprint density at radius 3 is 2.33 bits per heavy atom. The Bertz CT molecular complexity index is 1350. The van der Waals surface area contributed by atoms with E-state index in [4.69, 9.17) is 34.8 Å². The highest BCUT2D eigenvalue weighted by Crippen LogP contribution is 2.50. The number of carbonyl (C=O) groups is 1. The summed E-state index contributed by atoms with van der Waals surface area (Å²) in [5.74, 6) is -1.30. The molecule has 6 nitrogen and oxygen atoms in total. The van der Waals surface area contributed by atoms with E-state index in [-0.39, 0.29) is 33.7 Å². The predicted octanol–water partition coefficient (Wildman–Crippen LogP) is 6.42. The largest absolute Gasteiger partial charge is 0.433 e. The number of halogens is 9. The van der Waals surface area contributed by atoms with E-state index in [0.717, 1.165) is 23.2 Å². The van der Waals surface area contributed by atoms with Crippen molar-refractivity contribution >= 4 is 46.7 Å². The first-order valence-corrected chi connectivity index (χ1v) is 12.4. The van der Waals surface area contributed by atoms with Crippen LogP contribution in [0.4, 0.5) is 32.3 Å². The molecule has 0 aliphatic carbocycles. The lowest BCUT2D eigenvalue weighted by Crippen LogP contribution is -2.45. The number of nitrogens with zero attached hydrogens (tertiary/aromatic N) is 4. The van der Waals surface area contributed by atoms with Gasteiger partial charge in [0.15, 0.2) is 5.69 Å². The van der Waals surface area contributed by atoms with Gasteiger partial charge in [0.1, 0.15) is 5.41 Å². The molecule has 0 saturated carbocycles. The van der Waals surface area contributed by atoms with Crippen molar-refractivity contribution in [3.8, 4) is 0 Å². The monoisotopic (exact) mass is 611 g/mol. The van der Waals surface area contributed by atoms with Crippen LogP contribution in [0.15, 0.2) is 42.7 Å². The summed E-state index contributed by atoms with van der Waals surface area (Å²) >= 11 is 17.8. The SMILES string of the molecule is O=C(Cc1cnc(N2CCC(c3cc(Cl)c(Cl)c(Cl)c3)(C(F)(F)F)C2)nc1C(F)(F)F)NCc1ccccn1. The van der Waals surface area contributed by atoms with Crippen LogP contribution in [0.3, 0.4) is 0 Å². The molecule has 4 rings (SSSR count). The van der Waals surface area contributed by atoms with Gasteiger partial charge in [-0.15, -0.1) is 0 Å². The lowest BCUT2D eigenvalue weighted by atomic mass is 9.79. The number of rotatable bonds is 6. The summed E-state index contributed by atoms with van der Waals surface area (Å²) in [6.45, 7) is -1.10. The third kappa shape index (κ3) is 6.17. The second-order valence-corrected chi connectivity index (χ2v) is 10.0. The Hall–Kier alpha value is -2.83. The van der Waals surface area contributed by atoms with E-state index in [2.05, 4.69) is 20.3 Å². The van der Waals surface area contributed by atoms with Gasteiger partial charge in [-0.3, -0.25) is 9.78 Å². The van der Waals surface area contributed by atoms with Crippen LogP contribution in [-0.2, 0) is 29.4 Å². The second-order valence-electron chi connectivity index (χ2n) is 8.82. The zero-order valence-corrected chi connectivity index (χ0v) is 21.9. The number of hydrogen-bond acceptors (Lipinski definition) is 5. The lowest BCUT2D eigenvalue weighted by Gasteiger charge is -2.32. The number of hydrogen-bond donors (Lipinski definition) is 1. The van der Waals surface area contributed by atoms with Crippen molar-refractivity contribution in [2.75, 3.05) is 18.0 Å². The van der Waals surface area contributed by atoms with E-state index in [0.29, 0.717) is 5.69 Å². The van der Waals surface area contributed by atoms with Crippen LogP contribution in [-0.4, -0.2) is 40.1 Å². The first kappa shape index (κ1) is 29.2. The van der Waals surface area contributed by atoms with Gasteiger partial charge in [-0.2, -0.15) is 26.3 Å². The van der Waals surface area contributed by atoms with Crippen LogP contribution >= 0.6 is 34.8 Å². The Morgan fingerprint density at radius 1 is 1.05 bits per heavy atom. The normalized spacial score (nSPS) is 17.9. The maximum absolute atomic E-state index is 14.4. The van der Waals surface area contributed by atoms with Gasteiger partial charge < -0.3 is 10.2 Å². The van der Waals surface area contributed by atoms with Crippen LogP contribution in [0.5, 0.6) is 0 Å². The molecule has 1 saturated heterocycles. The number of nitrogens with one attached hydrogen (secondary N) is 1. The quantitative estimate of drug-likeness (QED) is 0.257. The number of amides is 1. The van der Waals surface area contributed by atoms with Crippen LogP contribution in [0, 0.1) is 0 Å². The molecule has 0 radical (unpaired) electrons. The molecule has 1 aliphatic heterocycles. The maximum Gasteiger partial charge on any atom is 0.433 e. The van der Waals surface area contributed by atoms with Crippen molar-refractivity contribution in [2.45, 2.75) is 37.2 Å². The molecule has 1 amide bonds. The third-order valence-corrected chi connectivity index (χ3v) is 7.49. The smallest absolute Gasteiger partial charge is 0.350 e. The average molecular weight is 613 g/mol. The Balaban J connectivity index is 1.60. The van der Waals surface area contributed by atoms with Gasteiger partial charge in [-0.1, -0.05) is 40.9 Å². The van der Waals surface area contributed by atoms with Crippen molar-refractivity contribution < 1.29 is 31.1 Å². The summed E-state index contributed by atoms with van der Waals surface area (Å²) < 4.78 is 84.9. The molecule has 1 aromatic carbocycles. The fourth-order valence-electron chi connectivity index (χ4n) is 4.29. The van der Waals surface area contributed by atoms with Crippen molar-refractivity contribution in [3.63, 3.8) is 0 Å². The maximum atomic E-state index is 14.4. The Labute approximate surface area is 233 Å². The van der Waals surface area contributed by atoms with Crippen LogP contribution < -0.4 is 10.2 Å². The van der Waals surface area contributed by atoms with Gasteiger partial charge in [0.05, 0.1) is 33.7 Å². The molecule has 1 N–H and O–H groups in total. The topological polar surface area (TPSA) is 71.0 Å². The van der Waals surface area contributed by atoms with Gasteiger partial charge in [0.2, 0.25) is 11.9 Å². The molecule has 15 heteroatoms. The van der Waals surface area contributed by atoms with Gasteiger partial charge in [0, 0.05) is 31.0 Å². The lowest BCUT2D eigenvalue weighted by molar-refractivity contribution is -0.184. The number of carbonyl (C=O) groups excluding carboxylic acids is 1. The second kappa shape index (κ2) is 11.0. The molecule has 0 spiro atoms. The number of alkyl halides is 6. The van der Waals surface area contributed by atoms with Crippen molar-refractivity contribution in [1.82, 2.24) is 20.3 Å². The molecule has 2 aromatic heterocycles. The highest BCUT2D eigenvalue weighted by molar-refractivity contribution is 6.48. The molecule has 1 aliphatic rings. The minimum atomic E-state index is -4.99. The minimum absolute atomic E-state index is 0.00794. The summed E-state index contributed by atoms with van der Waals surface area (Å²) in [4.78, 5) is 24.7. The molecule has 3 heterocycles. The average Bonchev–Trinajstić information content (AvgIpc) is 3.33. The zero-order chi connectivity index (χ0) is 28.6. The summed E-state index contributed by atoms with van der Waals surface area (Å²) in [7, 11) is 0. The van der Waals surface area contributed by atoms with E-state index in [9.17, 15) is 31.1 Å². The third-order valence-electron chi connectivity index (χ3n) is 6.30. The van der Waals surface area contributed by atoms with Crippen LogP contribution in [0.25, 0.3) is 0 Å².